The summed E-state index contributed by atoms with van der Waals surface area (Å²) in [5.74, 6) is 0.223. The van der Waals surface area contributed by atoms with Crippen molar-refractivity contribution in [2.45, 2.75) is 19.7 Å². The van der Waals surface area contributed by atoms with E-state index in [0.717, 1.165) is 22.8 Å². The van der Waals surface area contributed by atoms with Crippen LogP contribution in [0.1, 0.15) is 16.3 Å². The highest BCUT2D eigenvalue weighted by Gasteiger charge is 2.30. The fourth-order valence-electron chi connectivity index (χ4n) is 1.46. The molecule has 3 nitrogen and oxygen atoms in total. The molecule has 0 saturated carbocycles. The summed E-state index contributed by atoms with van der Waals surface area (Å²) in [4.78, 5) is 4.18. The number of alkyl halides is 3. The number of nitrogen functional groups attached to an aromatic ring is 1. The van der Waals surface area contributed by atoms with Crippen molar-refractivity contribution in [1.82, 2.24) is 4.98 Å². The first kappa shape index (κ1) is 13.7. The second-order valence-electron chi connectivity index (χ2n) is 3.92. The molecule has 2 N–H and O–H groups in total. The van der Waals surface area contributed by atoms with E-state index >= 15 is 0 Å². The van der Waals surface area contributed by atoms with Gasteiger partial charge in [-0.25, -0.2) is 4.98 Å². The minimum Gasteiger partial charge on any atom is -0.484 e. The Balaban J connectivity index is 2.09. The SMILES string of the molecule is Cc1csc(COc2ccc(C(F)(F)F)cc2N)n1. The van der Waals surface area contributed by atoms with Gasteiger partial charge in [0.1, 0.15) is 17.4 Å². The van der Waals surface area contributed by atoms with E-state index in [9.17, 15) is 13.2 Å². The molecular weight excluding hydrogens is 277 g/mol. The molecule has 0 fully saturated rings. The van der Waals surface area contributed by atoms with E-state index in [1.807, 2.05) is 12.3 Å². The van der Waals surface area contributed by atoms with Gasteiger partial charge in [-0.1, -0.05) is 0 Å². The Morgan fingerprint density at radius 1 is 1.37 bits per heavy atom. The zero-order chi connectivity index (χ0) is 14.0. The third-order valence-corrected chi connectivity index (χ3v) is 3.30. The van der Waals surface area contributed by atoms with Crippen molar-refractivity contribution in [3.63, 3.8) is 0 Å². The van der Waals surface area contributed by atoms with E-state index in [1.54, 1.807) is 0 Å². The van der Waals surface area contributed by atoms with Gasteiger partial charge in [0.25, 0.3) is 0 Å². The zero-order valence-electron chi connectivity index (χ0n) is 9.99. The van der Waals surface area contributed by atoms with Crippen LogP contribution in [-0.4, -0.2) is 4.98 Å². The van der Waals surface area contributed by atoms with Crippen LogP contribution >= 0.6 is 11.3 Å². The molecule has 2 rings (SSSR count). The molecule has 0 unspecified atom stereocenters. The van der Waals surface area contributed by atoms with Gasteiger partial charge < -0.3 is 10.5 Å². The normalized spacial score (nSPS) is 11.6. The van der Waals surface area contributed by atoms with Gasteiger partial charge in [-0.2, -0.15) is 13.2 Å². The van der Waals surface area contributed by atoms with Gasteiger partial charge in [-0.05, 0) is 25.1 Å². The van der Waals surface area contributed by atoms with E-state index < -0.39 is 11.7 Å². The summed E-state index contributed by atoms with van der Waals surface area (Å²) >= 11 is 1.43. The molecule has 0 amide bonds. The van der Waals surface area contributed by atoms with Crippen LogP contribution in [0.3, 0.4) is 0 Å². The lowest BCUT2D eigenvalue weighted by molar-refractivity contribution is -0.137. The molecule has 1 aromatic carbocycles. The summed E-state index contributed by atoms with van der Waals surface area (Å²) in [6.07, 6.45) is -4.40. The molecule has 19 heavy (non-hydrogen) atoms. The van der Waals surface area contributed by atoms with E-state index in [4.69, 9.17) is 10.5 Å². The maximum absolute atomic E-state index is 12.4. The summed E-state index contributed by atoms with van der Waals surface area (Å²) in [5.41, 5.74) is 5.60. The molecule has 0 aliphatic rings. The molecule has 7 heteroatoms. The summed E-state index contributed by atoms with van der Waals surface area (Å²) in [6.45, 7) is 2.04. The zero-order valence-corrected chi connectivity index (χ0v) is 10.8. The Kier molecular flexibility index (Phi) is 3.66. The quantitative estimate of drug-likeness (QED) is 0.877. The van der Waals surface area contributed by atoms with Crippen molar-refractivity contribution >= 4 is 17.0 Å². The number of aryl methyl sites for hydroxylation is 1. The molecule has 1 aromatic heterocycles. The van der Waals surface area contributed by atoms with Gasteiger partial charge in [0, 0.05) is 11.1 Å². The number of ether oxygens (including phenoxy) is 1. The third-order valence-electron chi connectivity index (χ3n) is 2.35. The number of hydrogen-bond acceptors (Lipinski definition) is 4. The maximum atomic E-state index is 12.4. The van der Waals surface area contributed by atoms with Crippen LogP contribution in [0.4, 0.5) is 18.9 Å². The Labute approximate surface area is 111 Å². The molecule has 1 heterocycles. The van der Waals surface area contributed by atoms with Crippen molar-refractivity contribution in [3.8, 4) is 5.75 Å². The number of benzene rings is 1. The average molecular weight is 288 g/mol. The molecule has 0 spiro atoms. The fourth-order valence-corrected chi connectivity index (χ4v) is 2.15. The number of nitrogens with zero attached hydrogens (tertiary/aromatic N) is 1. The predicted molar refractivity (Wildman–Crippen MR) is 67.0 cm³/mol. The molecule has 0 aliphatic carbocycles. The Morgan fingerprint density at radius 3 is 2.63 bits per heavy atom. The number of halogens is 3. The Hall–Kier alpha value is -1.76. The monoisotopic (exact) mass is 288 g/mol. The van der Waals surface area contributed by atoms with Crippen LogP contribution in [0.25, 0.3) is 0 Å². The first-order chi connectivity index (χ1) is 8.86. The lowest BCUT2D eigenvalue weighted by atomic mass is 10.2. The first-order valence-electron chi connectivity index (χ1n) is 5.37. The number of rotatable bonds is 3. The second kappa shape index (κ2) is 5.08. The van der Waals surface area contributed by atoms with Crippen molar-refractivity contribution in [2.75, 3.05) is 5.73 Å². The van der Waals surface area contributed by atoms with Crippen LogP contribution in [0, 0.1) is 6.92 Å². The van der Waals surface area contributed by atoms with Crippen molar-refractivity contribution in [2.24, 2.45) is 0 Å². The molecule has 0 radical (unpaired) electrons. The van der Waals surface area contributed by atoms with Gasteiger partial charge >= 0.3 is 6.18 Å². The maximum Gasteiger partial charge on any atom is 0.416 e. The van der Waals surface area contributed by atoms with Crippen LogP contribution in [0.5, 0.6) is 5.75 Å². The van der Waals surface area contributed by atoms with Gasteiger partial charge in [0.2, 0.25) is 0 Å². The number of thiazole rings is 1. The van der Waals surface area contributed by atoms with Crippen molar-refractivity contribution < 1.29 is 17.9 Å². The van der Waals surface area contributed by atoms with Crippen molar-refractivity contribution in [1.29, 1.82) is 0 Å². The number of hydrogen-bond donors (Lipinski definition) is 1. The third kappa shape index (κ3) is 3.37. The number of aromatic nitrogens is 1. The summed E-state index contributed by atoms with van der Waals surface area (Å²) in [6, 6.07) is 3.03. The lowest BCUT2D eigenvalue weighted by Gasteiger charge is -2.11. The molecule has 102 valence electrons. The van der Waals surface area contributed by atoms with Gasteiger partial charge in [0.05, 0.1) is 11.3 Å². The van der Waals surface area contributed by atoms with Crippen LogP contribution < -0.4 is 10.5 Å². The molecule has 0 aliphatic heterocycles. The van der Waals surface area contributed by atoms with E-state index in [1.165, 1.54) is 17.4 Å². The Bertz CT molecular complexity index is 581. The van der Waals surface area contributed by atoms with E-state index in [-0.39, 0.29) is 18.0 Å². The first-order valence-corrected chi connectivity index (χ1v) is 6.25. The second-order valence-corrected chi connectivity index (χ2v) is 4.86. The predicted octanol–water partition coefficient (Wildman–Crippen LogP) is 3.63. The number of anilines is 1. The fraction of sp³-hybridized carbons (Fsp3) is 0.250. The molecular formula is C12H11F3N2OS. The van der Waals surface area contributed by atoms with Gasteiger partial charge in [-0.15, -0.1) is 11.3 Å². The van der Waals surface area contributed by atoms with Crippen LogP contribution in [0.2, 0.25) is 0 Å². The van der Waals surface area contributed by atoms with Crippen LogP contribution in [-0.2, 0) is 12.8 Å². The Morgan fingerprint density at radius 2 is 2.11 bits per heavy atom. The molecule has 2 aromatic rings. The average Bonchev–Trinajstić information content (AvgIpc) is 2.72. The summed E-state index contributed by atoms with van der Waals surface area (Å²) in [5, 5.41) is 2.62. The number of nitrogens with two attached hydrogens (primary N) is 1. The minimum absolute atomic E-state index is 0.0388. The van der Waals surface area contributed by atoms with Gasteiger partial charge in [0.15, 0.2) is 0 Å². The molecule has 0 saturated heterocycles. The molecule has 0 bridgehead atoms. The topological polar surface area (TPSA) is 48.1 Å². The minimum atomic E-state index is -4.40. The highest BCUT2D eigenvalue weighted by Crippen LogP contribution is 2.33. The van der Waals surface area contributed by atoms with E-state index in [2.05, 4.69) is 4.98 Å². The largest absolute Gasteiger partial charge is 0.484 e. The summed E-state index contributed by atoms with van der Waals surface area (Å²) < 4.78 is 42.7. The highest BCUT2D eigenvalue weighted by atomic mass is 32.1. The standard InChI is InChI=1S/C12H11F3N2OS/c1-7-6-19-11(17-7)5-18-10-3-2-8(4-9(10)16)12(13,14)15/h2-4,6H,5,16H2,1H3. The molecule has 0 atom stereocenters. The van der Waals surface area contributed by atoms with Gasteiger partial charge in [-0.3, -0.25) is 0 Å². The lowest BCUT2D eigenvalue weighted by Crippen LogP contribution is -2.06. The van der Waals surface area contributed by atoms with Crippen LogP contribution in [0.15, 0.2) is 23.6 Å². The smallest absolute Gasteiger partial charge is 0.416 e. The van der Waals surface area contributed by atoms with Crippen molar-refractivity contribution in [3.05, 3.63) is 39.8 Å². The highest BCUT2D eigenvalue weighted by molar-refractivity contribution is 7.09. The summed E-state index contributed by atoms with van der Waals surface area (Å²) in [7, 11) is 0. The van der Waals surface area contributed by atoms with E-state index in [0.29, 0.717) is 0 Å².